The van der Waals surface area contributed by atoms with Gasteiger partial charge in [-0.1, -0.05) is 24.3 Å². The highest BCUT2D eigenvalue weighted by Gasteiger charge is 2.24. The van der Waals surface area contributed by atoms with Crippen LogP contribution < -0.4 is 10.5 Å². The van der Waals surface area contributed by atoms with E-state index in [-0.39, 0.29) is 11.5 Å². The number of nitrogens with one attached hydrogen (secondary N) is 1. The molecule has 3 N–H and O–H groups in total. The van der Waals surface area contributed by atoms with Gasteiger partial charge in [0.15, 0.2) is 0 Å². The summed E-state index contributed by atoms with van der Waals surface area (Å²) in [5.74, 6) is -0.584. The van der Waals surface area contributed by atoms with Gasteiger partial charge in [0.25, 0.3) is 0 Å². The maximum Gasteiger partial charge on any atom is 0.343 e. The third-order valence-electron chi connectivity index (χ3n) is 5.04. The summed E-state index contributed by atoms with van der Waals surface area (Å²) in [6.45, 7) is -0.277. The molecule has 8 heteroatoms. The Bertz CT molecular complexity index is 1270. The van der Waals surface area contributed by atoms with Gasteiger partial charge in [0.1, 0.15) is 5.75 Å². The molecule has 0 aliphatic rings. The SMILES string of the molecule is Nc1ccc(C(C[N+](=O)[O-])c2c[nH]c3ccc(OC(=O)c4ccccc4)cc23)cc1I. The summed E-state index contributed by atoms with van der Waals surface area (Å²) >= 11 is 2.12. The average Bonchev–Trinajstić information content (AvgIpc) is 3.17. The Morgan fingerprint density at radius 1 is 1.13 bits per heavy atom. The second-order valence-electron chi connectivity index (χ2n) is 7.06. The Hall–Kier alpha value is -3.40. The number of rotatable bonds is 6. The molecule has 0 amide bonds. The van der Waals surface area contributed by atoms with E-state index >= 15 is 0 Å². The number of esters is 1. The van der Waals surface area contributed by atoms with Gasteiger partial charge in [-0.15, -0.1) is 0 Å². The number of nitro groups is 1. The molecule has 0 aliphatic heterocycles. The summed E-state index contributed by atoms with van der Waals surface area (Å²) in [7, 11) is 0. The third kappa shape index (κ3) is 4.53. The van der Waals surface area contributed by atoms with E-state index in [1.54, 1.807) is 54.7 Å². The highest BCUT2D eigenvalue weighted by atomic mass is 127. The van der Waals surface area contributed by atoms with Crippen LogP contribution in [0.25, 0.3) is 10.9 Å². The van der Waals surface area contributed by atoms with Gasteiger partial charge in [-0.05, 0) is 76.2 Å². The highest BCUT2D eigenvalue weighted by molar-refractivity contribution is 14.1. The lowest BCUT2D eigenvalue weighted by Gasteiger charge is -2.14. The molecule has 0 fully saturated rings. The van der Waals surface area contributed by atoms with Crippen LogP contribution in [0.1, 0.15) is 27.4 Å². The van der Waals surface area contributed by atoms with Crippen LogP contribution in [0, 0.1) is 13.7 Å². The number of fused-ring (bicyclic) bond motifs is 1. The van der Waals surface area contributed by atoms with Crippen molar-refractivity contribution in [3.63, 3.8) is 0 Å². The predicted octanol–water partition coefficient (Wildman–Crippen LogP) is 4.98. The Morgan fingerprint density at radius 2 is 1.90 bits per heavy atom. The van der Waals surface area contributed by atoms with Crippen LogP contribution in [-0.4, -0.2) is 22.4 Å². The highest BCUT2D eigenvalue weighted by Crippen LogP contribution is 2.34. The number of halogens is 1. The first kappa shape index (κ1) is 20.9. The Labute approximate surface area is 191 Å². The number of ether oxygens (including phenoxy) is 1. The zero-order valence-corrected chi connectivity index (χ0v) is 18.4. The number of anilines is 1. The Balaban J connectivity index is 1.73. The van der Waals surface area contributed by atoms with Gasteiger partial charge in [-0.2, -0.15) is 0 Å². The monoisotopic (exact) mass is 527 g/mol. The van der Waals surface area contributed by atoms with Crippen molar-refractivity contribution in [2.24, 2.45) is 0 Å². The van der Waals surface area contributed by atoms with Gasteiger partial charge in [0.05, 0.1) is 11.5 Å². The molecule has 0 saturated heterocycles. The van der Waals surface area contributed by atoms with Crippen molar-refractivity contribution in [1.82, 2.24) is 4.98 Å². The van der Waals surface area contributed by atoms with E-state index in [0.29, 0.717) is 17.0 Å². The number of H-pyrrole nitrogens is 1. The van der Waals surface area contributed by atoms with E-state index < -0.39 is 11.9 Å². The van der Waals surface area contributed by atoms with E-state index in [1.165, 1.54) is 0 Å². The van der Waals surface area contributed by atoms with Crippen molar-refractivity contribution in [2.45, 2.75) is 5.92 Å². The molecule has 0 saturated carbocycles. The van der Waals surface area contributed by atoms with Crippen LogP contribution in [0.2, 0.25) is 0 Å². The van der Waals surface area contributed by atoms with E-state index in [4.69, 9.17) is 10.5 Å². The van der Waals surface area contributed by atoms with Gasteiger partial charge in [0, 0.05) is 31.3 Å². The smallest absolute Gasteiger partial charge is 0.343 e. The maximum absolute atomic E-state index is 12.4. The lowest BCUT2D eigenvalue weighted by molar-refractivity contribution is -0.481. The Morgan fingerprint density at radius 3 is 2.61 bits per heavy atom. The van der Waals surface area contributed by atoms with Crippen molar-refractivity contribution in [3.05, 3.63) is 103 Å². The molecule has 4 aromatic rings. The van der Waals surface area contributed by atoms with E-state index in [0.717, 1.165) is 25.6 Å². The van der Waals surface area contributed by atoms with Crippen LogP contribution in [0.5, 0.6) is 5.75 Å². The fraction of sp³-hybridized carbons (Fsp3) is 0.0870. The van der Waals surface area contributed by atoms with Crippen molar-refractivity contribution in [2.75, 3.05) is 12.3 Å². The van der Waals surface area contributed by atoms with Crippen LogP contribution >= 0.6 is 22.6 Å². The molecule has 0 aliphatic carbocycles. The summed E-state index contributed by atoms with van der Waals surface area (Å²) in [4.78, 5) is 26.7. The predicted molar refractivity (Wildman–Crippen MR) is 127 cm³/mol. The second-order valence-corrected chi connectivity index (χ2v) is 8.22. The molecule has 1 aromatic heterocycles. The van der Waals surface area contributed by atoms with Gasteiger partial charge in [-0.3, -0.25) is 10.1 Å². The minimum absolute atomic E-state index is 0.277. The molecular formula is C23H18IN3O4. The Kier molecular flexibility index (Phi) is 5.90. The summed E-state index contributed by atoms with van der Waals surface area (Å²) < 4.78 is 6.36. The molecule has 0 radical (unpaired) electrons. The largest absolute Gasteiger partial charge is 0.423 e. The molecular weight excluding hydrogens is 509 g/mol. The first-order chi connectivity index (χ1) is 14.9. The molecule has 4 rings (SSSR count). The minimum atomic E-state index is -0.488. The molecule has 1 atom stereocenters. The number of hydrogen-bond donors (Lipinski definition) is 2. The number of aromatic nitrogens is 1. The van der Waals surface area contributed by atoms with Gasteiger partial charge in [-0.25, -0.2) is 4.79 Å². The van der Waals surface area contributed by atoms with Crippen LogP contribution in [-0.2, 0) is 0 Å². The summed E-state index contributed by atoms with van der Waals surface area (Å²) in [6.07, 6.45) is 1.77. The summed E-state index contributed by atoms with van der Waals surface area (Å²) in [5.41, 5.74) is 9.33. The third-order valence-corrected chi connectivity index (χ3v) is 5.97. The molecule has 3 aromatic carbocycles. The van der Waals surface area contributed by atoms with Crippen molar-refractivity contribution >= 4 is 45.2 Å². The van der Waals surface area contributed by atoms with Crippen molar-refractivity contribution in [3.8, 4) is 5.75 Å². The average molecular weight is 527 g/mol. The molecule has 0 bridgehead atoms. The number of nitrogen functional groups attached to an aromatic ring is 1. The molecule has 156 valence electrons. The number of carbonyl (C=O) groups is 1. The van der Waals surface area contributed by atoms with Gasteiger partial charge in [0.2, 0.25) is 6.54 Å². The van der Waals surface area contributed by atoms with Gasteiger partial charge < -0.3 is 15.5 Å². The molecule has 7 nitrogen and oxygen atoms in total. The first-order valence-corrected chi connectivity index (χ1v) is 10.5. The molecule has 1 unspecified atom stereocenters. The number of hydrogen-bond acceptors (Lipinski definition) is 5. The first-order valence-electron chi connectivity index (χ1n) is 9.47. The van der Waals surface area contributed by atoms with E-state index in [2.05, 4.69) is 27.6 Å². The van der Waals surface area contributed by atoms with Crippen molar-refractivity contribution in [1.29, 1.82) is 0 Å². The fourth-order valence-corrected chi connectivity index (χ4v) is 4.05. The van der Waals surface area contributed by atoms with Crippen molar-refractivity contribution < 1.29 is 14.5 Å². The second kappa shape index (κ2) is 8.76. The van der Waals surface area contributed by atoms with E-state index in [9.17, 15) is 14.9 Å². The molecule has 0 spiro atoms. The number of carbonyl (C=O) groups excluding carboxylic acids is 1. The fourth-order valence-electron chi connectivity index (χ4n) is 3.51. The normalized spacial score (nSPS) is 11.9. The lowest BCUT2D eigenvalue weighted by atomic mass is 9.91. The van der Waals surface area contributed by atoms with Crippen LogP contribution in [0.15, 0.2) is 72.9 Å². The number of nitrogens with zero attached hydrogens (tertiary/aromatic N) is 1. The summed E-state index contributed by atoms with van der Waals surface area (Å²) in [6, 6.07) is 19.4. The lowest BCUT2D eigenvalue weighted by Crippen LogP contribution is -2.14. The molecule has 31 heavy (non-hydrogen) atoms. The van der Waals surface area contributed by atoms with Gasteiger partial charge >= 0.3 is 5.97 Å². The quantitative estimate of drug-likeness (QED) is 0.0918. The zero-order chi connectivity index (χ0) is 22.0. The maximum atomic E-state index is 12.4. The van der Waals surface area contributed by atoms with Crippen LogP contribution in [0.3, 0.4) is 0 Å². The van der Waals surface area contributed by atoms with Crippen LogP contribution in [0.4, 0.5) is 5.69 Å². The zero-order valence-electron chi connectivity index (χ0n) is 16.2. The number of benzene rings is 3. The standard InChI is InChI=1S/C23H18IN3O4/c24-20-10-15(6-8-21(20)25)19(13-27(29)30)18-12-26-22-9-7-16(11-17(18)22)31-23(28)14-4-2-1-3-5-14/h1-12,19,26H,13,25H2. The van der Waals surface area contributed by atoms with E-state index in [1.807, 2.05) is 18.2 Å². The topological polar surface area (TPSA) is 111 Å². The summed E-state index contributed by atoms with van der Waals surface area (Å²) in [5, 5.41) is 12.2. The minimum Gasteiger partial charge on any atom is -0.423 e. The number of aromatic amines is 1. The molecule has 1 heterocycles. The number of nitrogens with two attached hydrogens (primary N) is 1.